The van der Waals surface area contributed by atoms with Gasteiger partial charge in [0.05, 0.1) is 17.6 Å². The smallest absolute Gasteiger partial charge is 0.330 e. The Morgan fingerprint density at radius 1 is 1.61 bits per heavy atom. The molecule has 0 aromatic carbocycles. The molecule has 0 aliphatic carbocycles. The Morgan fingerprint density at radius 2 is 2.33 bits per heavy atom. The molecule has 1 aromatic heterocycles. The monoisotopic (exact) mass is 274 g/mol. The first kappa shape index (κ1) is 13.3. The van der Waals surface area contributed by atoms with E-state index in [1.165, 1.54) is 22.5 Å². The van der Waals surface area contributed by atoms with Crippen molar-refractivity contribution < 1.29 is 14.9 Å². The van der Waals surface area contributed by atoms with Crippen LogP contribution in [0.15, 0.2) is 20.7 Å². The van der Waals surface area contributed by atoms with Gasteiger partial charge in [0.25, 0.3) is 5.56 Å². The largest absolute Gasteiger partial charge is 0.394 e. The van der Waals surface area contributed by atoms with Crippen molar-refractivity contribution in [3.63, 3.8) is 0 Å². The van der Waals surface area contributed by atoms with Gasteiger partial charge in [-0.2, -0.15) is 0 Å². The lowest BCUT2D eigenvalue weighted by Crippen LogP contribution is -2.33. The average Bonchev–Trinajstić information content (AvgIpc) is 2.70. The lowest BCUT2D eigenvalue weighted by Gasteiger charge is -2.14. The Morgan fingerprint density at radius 3 is 2.89 bits per heavy atom. The van der Waals surface area contributed by atoms with Crippen LogP contribution in [0.3, 0.4) is 0 Å². The Hall–Kier alpha value is -1.09. The van der Waals surface area contributed by atoms with Crippen molar-refractivity contribution in [1.29, 1.82) is 0 Å². The molecule has 2 heterocycles. The van der Waals surface area contributed by atoms with Gasteiger partial charge in [-0.05, 0) is 6.26 Å². The summed E-state index contributed by atoms with van der Waals surface area (Å²) >= 11 is 1.21. The van der Waals surface area contributed by atoms with Crippen LogP contribution < -0.4 is 11.2 Å². The molecule has 2 rings (SSSR count). The van der Waals surface area contributed by atoms with Crippen LogP contribution in [0.2, 0.25) is 0 Å². The van der Waals surface area contributed by atoms with E-state index in [4.69, 9.17) is 9.84 Å². The average molecular weight is 274 g/mol. The first-order valence-electron chi connectivity index (χ1n) is 5.40. The molecule has 0 unspecified atom stereocenters. The maximum atomic E-state index is 11.7. The summed E-state index contributed by atoms with van der Waals surface area (Å²) in [5.74, 6) is 0. The van der Waals surface area contributed by atoms with Crippen LogP contribution in [0.25, 0.3) is 0 Å². The highest BCUT2D eigenvalue weighted by Crippen LogP contribution is 2.27. The van der Waals surface area contributed by atoms with Gasteiger partial charge in [-0.3, -0.25) is 14.3 Å². The number of H-pyrrole nitrogens is 1. The van der Waals surface area contributed by atoms with Gasteiger partial charge in [-0.25, -0.2) is 4.79 Å². The highest BCUT2D eigenvalue weighted by atomic mass is 32.2. The zero-order valence-corrected chi connectivity index (χ0v) is 10.5. The summed E-state index contributed by atoms with van der Waals surface area (Å²) in [5.41, 5.74) is -1.03. The standard InChI is InChI=1S/C10H14N2O5S/c1-18-7-3-12(10(16)11-9(7)15)8-2-5(14)6(4-13)17-8/h3,5-6,8,13-14H,2,4H2,1H3,(H,11,15,16)/t5-,6+,8+/m1/s1. The molecule has 1 aliphatic rings. The van der Waals surface area contributed by atoms with Gasteiger partial charge >= 0.3 is 5.69 Å². The Balaban J connectivity index is 2.35. The van der Waals surface area contributed by atoms with Crippen molar-refractivity contribution in [2.24, 2.45) is 0 Å². The van der Waals surface area contributed by atoms with E-state index >= 15 is 0 Å². The van der Waals surface area contributed by atoms with Gasteiger partial charge in [-0.1, -0.05) is 0 Å². The van der Waals surface area contributed by atoms with E-state index < -0.39 is 29.7 Å². The molecule has 3 atom stereocenters. The molecule has 0 spiro atoms. The fraction of sp³-hybridized carbons (Fsp3) is 0.600. The third kappa shape index (κ3) is 2.37. The maximum absolute atomic E-state index is 11.7. The van der Waals surface area contributed by atoms with Crippen molar-refractivity contribution in [1.82, 2.24) is 9.55 Å². The van der Waals surface area contributed by atoms with Crippen molar-refractivity contribution in [3.05, 3.63) is 27.0 Å². The van der Waals surface area contributed by atoms with Crippen LogP contribution in [-0.4, -0.2) is 44.8 Å². The number of aromatic amines is 1. The molecule has 0 amide bonds. The molecular weight excluding hydrogens is 260 g/mol. The second-order valence-corrected chi connectivity index (χ2v) is 4.83. The number of aliphatic hydroxyl groups excluding tert-OH is 2. The Kier molecular flexibility index (Phi) is 3.91. The van der Waals surface area contributed by atoms with Crippen LogP contribution in [-0.2, 0) is 4.74 Å². The number of hydrogen-bond donors (Lipinski definition) is 3. The molecule has 0 saturated carbocycles. The van der Waals surface area contributed by atoms with E-state index in [1.807, 2.05) is 0 Å². The van der Waals surface area contributed by atoms with Gasteiger partial charge in [0.15, 0.2) is 0 Å². The van der Waals surface area contributed by atoms with Crippen LogP contribution >= 0.6 is 11.8 Å². The summed E-state index contributed by atoms with van der Waals surface area (Å²) < 4.78 is 6.59. The summed E-state index contributed by atoms with van der Waals surface area (Å²) in [6.07, 6.45) is 1.13. The Bertz CT molecular complexity index is 540. The summed E-state index contributed by atoms with van der Waals surface area (Å²) in [6, 6.07) is 0. The lowest BCUT2D eigenvalue weighted by molar-refractivity contribution is -0.0461. The minimum atomic E-state index is -0.823. The van der Waals surface area contributed by atoms with Gasteiger partial charge in [0, 0.05) is 12.6 Å². The first-order chi connectivity index (χ1) is 8.56. The summed E-state index contributed by atoms with van der Waals surface area (Å²) in [7, 11) is 0. The number of nitrogens with one attached hydrogen (secondary N) is 1. The SMILES string of the molecule is CSc1cn([C@@H]2C[C@@H](O)[C@H](CO)O2)c(=O)[nH]c1=O. The van der Waals surface area contributed by atoms with Crippen molar-refractivity contribution in [2.75, 3.05) is 12.9 Å². The van der Waals surface area contributed by atoms with Crippen LogP contribution in [0.5, 0.6) is 0 Å². The molecule has 3 N–H and O–H groups in total. The minimum absolute atomic E-state index is 0.199. The van der Waals surface area contributed by atoms with E-state index in [2.05, 4.69) is 4.98 Å². The normalized spacial score (nSPS) is 27.6. The molecule has 1 saturated heterocycles. The molecule has 100 valence electrons. The molecule has 1 aromatic rings. The first-order valence-corrected chi connectivity index (χ1v) is 6.63. The fourth-order valence-corrected chi connectivity index (χ4v) is 2.33. The second kappa shape index (κ2) is 5.27. The van der Waals surface area contributed by atoms with E-state index in [0.717, 1.165) is 0 Å². The summed E-state index contributed by atoms with van der Waals surface area (Å²) in [4.78, 5) is 25.7. The number of nitrogens with zero attached hydrogens (tertiary/aromatic N) is 1. The van der Waals surface area contributed by atoms with Crippen LogP contribution in [0.1, 0.15) is 12.6 Å². The Labute approximate surface area is 106 Å². The fourth-order valence-electron chi connectivity index (χ4n) is 1.88. The molecular formula is C10H14N2O5S. The molecule has 0 radical (unpaired) electrons. The lowest BCUT2D eigenvalue weighted by atomic mass is 10.2. The zero-order valence-electron chi connectivity index (χ0n) is 9.70. The van der Waals surface area contributed by atoms with Crippen LogP contribution in [0, 0.1) is 0 Å². The molecule has 0 bridgehead atoms. The molecule has 1 aliphatic heterocycles. The van der Waals surface area contributed by atoms with Gasteiger partial charge in [0.2, 0.25) is 0 Å². The molecule has 8 heteroatoms. The van der Waals surface area contributed by atoms with Gasteiger partial charge in [0.1, 0.15) is 12.3 Å². The molecule has 18 heavy (non-hydrogen) atoms. The highest BCUT2D eigenvalue weighted by molar-refractivity contribution is 7.98. The van der Waals surface area contributed by atoms with Crippen molar-refractivity contribution in [3.8, 4) is 0 Å². The molecule has 7 nitrogen and oxygen atoms in total. The number of ether oxygens (including phenoxy) is 1. The highest BCUT2D eigenvalue weighted by Gasteiger charge is 2.35. The number of aliphatic hydroxyl groups is 2. The number of rotatable bonds is 3. The predicted molar refractivity (Wildman–Crippen MR) is 64.7 cm³/mol. The van der Waals surface area contributed by atoms with Crippen LogP contribution in [0.4, 0.5) is 0 Å². The van der Waals surface area contributed by atoms with Crippen molar-refractivity contribution >= 4 is 11.8 Å². The third-order valence-corrected chi connectivity index (χ3v) is 3.58. The third-order valence-electron chi connectivity index (χ3n) is 2.85. The number of thioether (sulfide) groups is 1. The number of aromatic nitrogens is 2. The predicted octanol–water partition coefficient (Wildman–Crippen LogP) is -1.10. The van der Waals surface area contributed by atoms with Gasteiger partial charge < -0.3 is 14.9 Å². The van der Waals surface area contributed by atoms with Gasteiger partial charge in [-0.15, -0.1) is 11.8 Å². The summed E-state index contributed by atoms with van der Waals surface area (Å²) in [5, 5.41) is 18.6. The van der Waals surface area contributed by atoms with E-state index in [0.29, 0.717) is 4.90 Å². The summed E-state index contributed by atoms with van der Waals surface area (Å²) in [6.45, 7) is -0.314. The van der Waals surface area contributed by atoms with E-state index in [9.17, 15) is 14.7 Å². The number of hydrogen-bond acceptors (Lipinski definition) is 6. The van der Waals surface area contributed by atoms with Crippen molar-refractivity contribution in [2.45, 2.75) is 29.8 Å². The zero-order chi connectivity index (χ0) is 13.3. The topological polar surface area (TPSA) is 105 Å². The second-order valence-electron chi connectivity index (χ2n) is 3.98. The van der Waals surface area contributed by atoms with E-state index in [-0.39, 0.29) is 13.0 Å². The van der Waals surface area contributed by atoms with E-state index in [1.54, 1.807) is 6.26 Å². The molecule has 1 fully saturated rings. The maximum Gasteiger partial charge on any atom is 0.330 e. The quantitative estimate of drug-likeness (QED) is 0.604. The minimum Gasteiger partial charge on any atom is -0.394 e.